The fourth-order valence-corrected chi connectivity index (χ4v) is 1.76. The molecule has 0 bridgehead atoms. The molecule has 31 heavy (non-hydrogen) atoms. The monoisotopic (exact) mass is 444 g/mol. The second kappa shape index (κ2) is 13.6. The summed E-state index contributed by atoms with van der Waals surface area (Å²) in [6.07, 6.45) is 0. The molecule has 0 aliphatic rings. The summed E-state index contributed by atoms with van der Waals surface area (Å²) in [4.78, 5) is 30.2. The summed E-state index contributed by atoms with van der Waals surface area (Å²) in [5.74, 6) is -5.24. The van der Waals surface area contributed by atoms with Crippen LogP contribution in [0.1, 0.15) is 31.1 Å². The number of aromatic carboxylic acids is 3. The van der Waals surface area contributed by atoms with Crippen molar-refractivity contribution in [2.75, 3.05) is 0 Å². The first-order valence-corrected chi connectivity index (χ1v) is 8.01. The third-order valence-corrected chi connectivity index (χ3v) is 3.24. The van der Waals surface area contributed by atoms with E-state index >= 15 is 0 Å². The average molecular weight is 444 g/mol. The van der Waals surface area contributed by atoms with Crippen LogP contribution in [0.2, 0.25) is 0 Å². The van der Waals surface area contributed by atoms with E-state index in [4.69, 9.17) is 0 Å². The Morgan fingerprint density at radius 2 is 0.613 bits per heavy atom. The molecule has 0 radical (unpaired) electrons. The van der Waals surface area contributed by atoms with Crippen molar-refractivity contribution in [3.05, 3.63) is 107 Å². The molecule has 0 unspecified atom stereocenters. The van der Waals surface area contributed by atoms with Crippen molar-refractivity contribution in [1.82, 2.24) is 0 Å². The zero-order valence-corrected chi connectivity index (χ0v) is 16.7. The number of hydrogen-bond donors (Lipinski definition) is 0. The molecule has 6 nitrogen and oxygen atoms in total. The second-order valence-electron chi connectivity index (χ2n) is 5.38. The van der Waals surface area contributed by atoms with Crippen molar-refractivity contribution in [2.24, 2.45) is 0 Å². The van der Waals surface area contributed by atoms with Crippen molar-refractivity contribution in [3.63, 3.8) is 0 Å². The summed E-state index contributed by atoms with van der Waals surface area (Å²) >= 11 is 0. The van der Waals surface area contributed by atoms with E-state index in [0.717, 1.165) is 72.8 Å². The smallest absolute Gasteiger partial charge is 0.545 e. The van der Waals surface area contributed by atoms with Gasteiger partial charge in [-0.2, -0.15) is 0 Å². The third kappa shape index (κ3) is 10.7. The van der Waals surface area contributed by atoms with Gasteiger partial charge in [0, 0.05) is 0 Å². The van der Waals surface area contributed by atoms with Gasteiger partial charge in [0.1, 0.15) is 17.5 Å². The number of carbonyl (C=O) groups excluding carboxylic acids is 3. The Balaban J connectivity index is 0.000000429. The Morgan fingerprint density at radius 3 is 0.742 bits per heavy atom. The second-order valence-corrected chi connectivity index (χ2v) is 5.38. The zero-order chi connectivity index (χ0) is 22.7. The number of rotatable bonds is 3. The summed E-state index contributed by atoms with van der Waals surface area (Å²) in [6.45, 7) is 0. The number of carboxylic acids is 3. The molecule has 0 N–H and O–H groups in total. The minimum atomic E-state index is -1.29. The fourth-order valence-electron chi connectivity index (χ4n) is 1.76. The Hall–Kier alpha value is -3.61. The molecule has 156 valence electrons. The molecule has 10 heteroatoms. The molecule has 3 rings (SSSR count). The van der Waals surface area contributed by atoms with Gasteiger partial charge < -0.3 is 29.7 Å². The van der Waals surface area contributed by atoms with Crippen LogP contribution in [0.4, 0.5) is 13.2 Å². The Kier molecular flexibility index (Phi) is 12.0. The molecule has 0 spiro atoms. The molecule has 0 saturated carbocycles. The van der Waals surface area contributed by atoms with Crippen LogP contribution in [0.25, 0.3) is 0 Å². The molecule has 0 amide bonds. The van der Waals surface area contributed by atoms with Crippen molar-refractivity contribution >= 4 is 35.3 Å². The molecule has 0 aliphatic heterocycles. The van der Waals surface area contributed by atoms with Gasteiger partial charge in [0.25, 0.3) is 0 Å². The van der Waals surface area contributed by atoms with E-state index in [1.807, 2.05) is 0 Å². The van der Waals surface area contributed by atoms with Crippen LogP contribution < -0.4 is 15.3 Å². The molecule has 0 aliphatic carbocycles. The molecular formula is C21H12AlF3O6. The van der Waals surface area contributed by atoms with Gasteiger partial charge in [-0.1, -0.05) is 36.4 Å². The largest absolute Gasteiger partial charge is 3.00 e. The Morgan fingerprint density at radius 1 is 0.452 bits per heavy atom. The Bertz CT molecular complexity index is 859. The minimum absolute atomic E-state index is 0. The molecule has 0 fully saturated rings. The van der Waals surface area contributed by atoms with Crippen LogP contribution in [0, 0.1) is 17.5 Å². The number of benzene rings is 3. The van der Waals surface area contributed by atoms with E-state index in [9.17, 15) is 42.9 Å². The number of carboxylic acid groups (broad SMARTS) is 3. The first-order chi connectivity index (χ1) is 14.1. The van der Waals surface area contributed by atoms with Gasteiger partial charge >= 0.3 is 17.4 Å². The number of carbonyl (C=O) groups is 3. The van der Waals surface area contributed by atoms with E-state index in [2.05, 4.69) is 0 Å². The summed E-state index contributed by atoms with van der Waals surface area (Å²) in [5.41, 5.74) is -0.0378. The molecular weight excluding hydrogens is 432 g/mol. The zero-order valence-electron chi connectivity index (χ0n) is 15.6. The van der Waals surface area contributed by atoms with Gasteiger partial charge in [-0.3, -0.25) is 0 Å². The van der Waals surface area contributed by atoms with E-state index < -0.39 is 35.4 Å². The van der Waals surface area contributed by atoms with Crippen LogP contribution in [-0.2, 0) is 0 Å². The van der Waals surface area contributed by atoms with Crippen LogP contribution in [0.5, 0.6) is 0 Å². The summed E-state index contributed by atoms with van der Waals surface area (Å²) in [5, 5.41) is 30.2. The fraction of sp³-hybridized carbons (Fsp3) is 0. The molecule has 3 aromatic rings. The van der Waals surface area contributed by atoms with Crippen molar-refractivity contribution < 1.29 is 42.9 Å². The van der Waals surface area contributed by atoms with Crippen LogP contribution in [0.15, 0.2) is 72.8 Å². The van der Waals surface area contributed by atoms with Crippen molar-refractivity contribution in [1.29, 1.82) is 0 Å². The maximum Gasteiger partial charge on any atom is 3.00 e. The van der Waals surface area contributed by atoms with E-state index in [1.165, 1.54) is 0 Å². The summed E-state index contributed by atoms with van der Waals surface area (Å²) in [7, 11) is 0. The van der Waals surface area contributed by atoms with Crippen LogP contribution >= 0.6 is 0 Å². The number of halogens is 3. The van der Waals surface area contributed by atoms with Crippen molar-refractivity contribution in [3.8, 4) is 0 Å². The predicted molar refractivity (Wildman–Crippen MR) is 97.9 cm³/mol. The summed E-state index contributed by atoms with van der Waals surface area (Å²) in [6, 6.07) is 13.4. The Labute approximate surface area is 185 Å². The van der Waals surface area contributed by atoms with E-state index in [0.29, 0.717) is 0 Å². The number of hydrogen-bond acceptors (Lipinski definition) is 6. The topological polar surface area (TPSA) is 120 Å². The standard InChI is InChI=1S/3C7H5FO2.Al/c3*8-6-3-1-5(2-4-6)7(9)10;/h3*1-4H,(H,9,10);/q;;;+3/p-3. The molecule has 3 aromatic carbocycles. The SMILES string of the molecule is O=C([O-])c1ccc(F)cc1.O=C([O-])c1ccc(F)cc1.O=C([O-])c1ccc(F)cc1.[Al+3]. The first kappa shape index (κ1) is 27.4. The van der Waals surface area contributed by atoms with Gasteiger partial charge in [0.15, 0.2) is 0 Å². The molecule has 0 aromatic heterocycles. The minimum Gasteiger partial charge on any atom is -0.545 e. The third-order valence-electron chi connectivity index (χ3n) is 3.24. The van der Waals surface area contributed by atoms with Gasteiger partial charge in [0.2, 0.25) is 0 Å². The molecule has 0 heterocycles. The summed E-state index contributed by atoms with van der Waals surface area (Å²) < 4.78 is 36.4. The first-order valence-electron chi connectivity index (χ1n) is 8.01. The predicted octanol–water partition coefficient (Wildman–Crippen LogP) is 0.187. The van der Waals surface area contributed by atoms with Gasteiger partial charge in [-0.15, -0.1) is 0 Å². The molecule has 0 saturated heterocycles. The molecule has 0 atom stereocenters. The van der Waals surface area contributed by atoms with E-state index in [1.54, 1.807) is 0 Å². The maximum atomic E-state index is 12.1. The van der Waals surface area contributed by atoms with Gasteiger partial charge in [0.05, 0.1) is 17.9 Å². The van der Waals surface area contributed by atoms with Crippen LogP contribution in [0.3, 0.4) is 0 Å². The van der Waals surface area contributed by atoms with Gasteiger partial charge in [-0.05, 0) is 53.1 Å². The van der Waals surface area contributed by atoms with Gasteiger partial charge in [-0.25, -0.2) is 13.2 Å². The average Bonchev–Trinajstić information content (AvgIpc) is 2.70. The normalized spacial score (nSPS) is 9.00. The van der Waals surface area contributed by atoms with E-state index in [-0.39, 0.29) is 34.1 Å². The quantitative estimate of drug-likeness (QED) is 0.532. The van der Waals surface area contributed by atoms with Crippen LogP contribution in [-0.4, -0.2) is 35.3 Å². The van der Waals surface area contributed by atoms with Crippen molar-refractivity contribution in [2.45, 2.75) is 0 Å². The maximum absolute atomic E-state index is 12.1.